The zero-order chi connectivity index (χ0) is 10.9. The zero-order valence-electron chi connectivity index (χ0n) is 9.19. The number of fused-ring (bicyclic) bond motifs is 4. The van der Waals surface area contributed by atoms with Gasteiger partial charge in [-0.15, -0.1) is 0 Å². The molecule has 3 nitrogen and oxygen atoms in total. The third-order valence-electron chi connectivity index (χ3n) is 3.92. The van der Waals surface area contributed by atoms with Crippen LogP contribution in [0.2, 0.25) is 0 Å². The maximum absolute atomic E-state index is 12.2. The van der Waals surface area contributed by atoms with E-state index in [1.807, 2.05) is 6.92 Å². The maximum Gasteiger partial charge on any atom is 0.201 e. The van der Waals surface area contributed by atoms with Crippen molar-refractivity contribution in [3.05, 3.63) is 26.4 Å². The van der Waals surface area contributed by atoms with Crippen LogP contribution in [0.1, 0.15) is 12.0 Å². The van der Waals surface area contributed by atoms with Gasteiger partial charge in [0, 0.05) is 5.22 Å². The molecule has 2 heterocycles. The van der Waals surface area contributed by atoms with Gasteiger partial charge in [0.2, 0.25) is 5.88 Å². The van der Waals surface area contributed by atoms with Crippen LogP contribution in [0.5, 0.6) is 5.88 Å². The van der Waals surface area contributed by atoms with Crippen molar-refractivity contribution in [3.8, 4) is 5.88 Å². The fourth-order valence-electron chi connectivity index (χ4n) is 2.89. The molecule has 1 aromatic rings. The highest BCUT2D eigenvalue weighted by atomic mass is 16.5. The van der Waals surface area contributed by atoms with E-state index >= 15 is 0 Å². The number of ether oxygens (including phenoxy) is 1. The van der Waals surface area contributed by atoms with E-state index in [0.29, 0.717) is 18.4 Å². The Kier molecular flexibility index (Phi) is 1.40. The van der Waals surface area contributed by atoms with Gasteiger partial charge in [0.05, 0.1) is 17.5 Å². The number of hydrogen-bond acceptors (Lipinski definition) is 2. The zero-order valence-corrected chi connectivity index (χ0v) is 9.19. The van der Waals surface area contributed by atoms with Gasteiger partial charge in [-0.1, -0.05) is 12.2 Å². The highest BCUT2D eigenvalue weighted by Gasteiger charge is 2.36. The summed E-state index contributed by atoms with van der Waals surface area (Å²) in [5, 5.41) is 2.01. The van der Waals surface area contributed by atoms with Gasteiger partial charge in [-0.05, 0) is 25.2 Å². The number of nitrogens with zero attached hydrogens (tertiary/aromatic N) is 1. The Hall–Kier alpha value is -1.51. The van der Waals surface area contributed by atoms with Crippen LogP contribution < -0.4 is 20.7 Å². The monoisotopic (exact) mass is 215 g/mol. The van der Waals surface area contributed by atoms with Crippen LogP contribution >= 0.6 is 0 Å². The second-order valence-electron chi connectivity index (χ2n) is 4.96. The van der Waals surface area contributed by atoms with E-state index in [1.165, 1.54) is 6.42 Å². The molecule has 1 fully saturated rings. The van der Waals surface area contributed by atoms with Gasteiger partial charge >= 0.3 is 0 Å². The summed E-state index contributed by atoms with van der Waals surface area (Å²) in [4.78, 5) is 12.2. The largest absolute Gasteiger partial charge is 0.477 e. The summed E-state index contributed by atoms with van der Waals surface area (Å²) in [6, 6.07) is 0. The molecule has 1 saturated carbocycles. The summed E-state index contributed by atoms with van der Waals surface area (Å²) in [6.45, 7) is 3.44. The molecule has 0 saturated heterocycles. The van der Waals surface area contributed by atoms with Gasteiger partial charge in [0.15, 0.2) is 5.43 Å². The Labute approximate surface area is 92.7 Å². The SMILES string of the molecule is Cc1c2n(c3c(c1=O)=CC1CC1C=3)CCO2. The van der Waals surface area contributed by atoms with Crippen molar-refractivity contribution >= 4 is 12.2 Å². The normalized spacial score (nSPS) is 28.1. The van der Waals surface area contributed by atoms with Crippen molar-refractivity contribution < 1.29 is 4.74 Å². The third-order valence-corrected chi connectivity index (χ3v) is 3.92. The second-order valence-corrected chi connectivity index (χ2v) is 4.96. The average Bonchev–Trinajstić information content (AvgIpc) is 2.87. The summed E-state index contributed by atoms with van der Waals surface area (Å²) < 4.78 is 7.72. The van der Waals surface area contributed by atoms with Crippen molar-refractivity contribution in [3.63, 3.8) is 0 Å². The molecule has 2 aliphatic carbocycles. The topological polar surface area (TPSA) is 31.2 Å². The predicted octanol–water partition coefficient (Wildman–Crippen LogP) is -0.240. The number of hydrogen-bond donors (Lipinski definition) is 0. The molecule has 1 aromatic heterocycles. The summed E-state index contributed by atoms with van der Waals surface area (Å²) >= 11 is 0. The molecule has 0 radical (unpaired) electrons. The van der Waals surface area contributed by atoms with Crippen molar-refractivity contribution in [1.82, 2.24) is 4.57 Å². The molecule has 0 bridgehead atoms. The summed E-state index contributed by atoms with van der Waals surface area (Å²) in [5.41, 5.74) is 0.921. The fraction of sp³-hybridized carbons (Fsp3) is 0.462. The number of rotatable bonds is 0. The quantitative estimate of drug-likeness (QED) is 0.598. The smallest absolute Gasteiger partial charge is 0.201 e. The lowest BCUT2D eigenvalue weighted by Crippen LogP contribution is -2.47. The molecule has 1 aliphatic heterocycles. The molecular weight excluding hydrogens is 202 g/mol. The molecule has 0 aromatic carbocycles. The first-order chi connectivity index (χ1) is 7.75. The maximum atomic E-state index is 12.2. The molecule has 3 aliphatic rings. The lowest BCUT2D eigenvalue weighted by molar-refractivity contribution is 0.354. The molecule has 16 heavy (non-hydrogen) atoms. The first-order valence-electron chi connectivity index (χ1n) is 5.85. The van der Waals surface area contributed by atoms with E-state index < -0.39 is 0 Å². The van der Waals surface area contributed by atoms with E-state index in [4.69, 9.17) is 4.74 Å². The molecule has 82 valence electrons. The third kappa shape index (κ3) is 0.913. The van der Waals surface area contributed by atoms with Gasteiger partial charge in [-0.25, -0.2) is 0 Å². The Morgan fingerprint density at radius 3 is 3.06 bits per heavy atom. The van der Waals surface area contributed by atoms with E-state index in [-0.39, 0.29) is 5.43 Å². The van der Waals surface area contributed by atoms with Crippen molar-refractivity contribution in [2.75, 3.05) is 6.61 Å². The number of pyridine rings is 1. The van der Waals surface area contributed by atoms with Gasteiger partial charge in [0.25, 0.3) is 0 Å². The lowest BCUT2D eigenvalue weighted by atomic mass is 10.1. The Morgan fingerprint density at radius 2 is 2.19 bits per heavy atom. The van der Waals surface area contributed by atoms with Crippen LogP contribution in [0.15, 0.2) is 4.79 Å². The predicted molar refractivity (Wildman–Crippen MR) is 60.7 cm³/mol. The lowest BCUT2D eigenvalue weighted by Gasteiger charge is -2.09. The van der Waals surface area contributed by atoms with Crippen LogP contribution in [0.4, 0.5) is 0 Å². The standard InChI is InChI=1S/C13H13NO2/c1-7-12(15)10-5-8-4-9(8)6-11(10)14-2-3-16-13(7)14/h5-6,8-9H,2-4H2,1H3. The molecule has 0 N–H and O–H groups in total. The molecule has 3 heteroatoms. The van der Waals surface area contributed by atoms with Crippen LogP contribution in [0.3, 0.4) is 0 Å². The van der Waals surface area contributed by atoms with Gasteiger partial charge < -0.3 is 9.30 Å². The highest BCUT2D eigenvalue weighted by Crippen LogP contribution is 2.41. The second kappa shape index (κ2) is 2.59. The Bertz CT molecular complexity index is 669. The molecule has 0 spiro atoms. The molecule has 2 unspecified atom stereocenters. The van der Waals surface area contributed by atoms with E-state index in [2.05, 4.69) is 16.7 Å². The minimum atomic E-state index is 0.157. The van der Waals surface area contributed by atoms with Crippen molar-refractivity contribution in [2.24, 2.45) is 11.8 Å². The van der Waals surface area contributed by atoms with E-state index in [1.54, 1.807) is 0 Å². The van der Waals surface area contributed by atoms with Gasteiger partial charge in [-0.3, -0.25) is 4.79 Å². The molecule has 2 atom stereocenters. The van der Waals surface area contributed by atoms with Gasteiger partial charge in [0.1, 0.15) is 6.61 Å². The highest BCUT2D eigenvalue weighted by molar-refractivity contribution is 5.50. The Balaban J connectivity index is 2.24. The fourth-order valence-corrected chi connectivity index (χ4v) is 2.89. The summed E-state index contributed by atoms with van der Waals surface area (Å²) in [6.07, 6.45) is 5.64. The van der Waals surface area contributed by atoms with Crippen LogP contribution in [0.25, 0.3) is 12.2 Å². The molecular formula is C13H13NO2. The van der Waals surface area contributed by atoms with Crippen molar-refractivity contribution in [1.29, 1.82) is 0 Å². The van der Waals surface area contributed by atoms with Crippen LogP contribution in [-0.4, -0.2) is 11.2 Å². The van der Waals surface area contributed by atoms with E-state index in [9.17, 15) is 4.79 Å². The van der Waals surface area contributed by atoms with Crippen molar-refractivity contribution in [2.45, 2.75) is 19.9 Å². The summed E-state index contributed by atoms with van der Waals surface area (Å²) in [5.74, 6) is 2.08. The van der Waals surface area contributed by atoms with E-state index in [0.717, 1.165) is 28.6 Å². The van der Waals surface area contributed by atoms with Crippen LogP contribution in [-0.2, 0) is 6.54 Å². The molecule has 4 rings (SSSR count). The number of aromatic nitrogens is 1. The summed E-state index contributed by atoms with van der Waals surface area (Å²) in [7, 11) is 0. The Morgan fingerprint density at radius 1 is 1.38 bits per heavy atom. The molecule has 0 amide bonds. The average molecular weight is 215 g/mol. The first-order valence-corrected chi connectivity index (χ1v) is 5.85. The van der Waals surface area contributed by atoms with Gasteiger partial charge in [-0.2, -0.15) is 0 Å². The minimum absolute atomic E-state index is 0.157. The first kappa shape index (κ1) is 8.62. The van der Waals surface area contributed by atoms with Crippen LogP contribution in [0, 0.1) is 18.8 Å². The minimum Gasteiger partial charge on any atom is -0.477 e.